The Hall–Kier alpha value is -2.12. The van der Waals surface area contributed by atoms with E-state index in [1.54, 1.807) is 37.5 Å². The van der Waals surface area contributed by atoms with E-state index in [1.807, 2.05) is 0 Å². The molecule has 1 aliphatic rings. The van der Waals surface area contributed by atoms with Crippen molar-refractivity contribution >= 4 is 10.0 Å². The summed E-state index contributed by atoms with van der Waals surface area (Å²) in [4.78, 5) is 4.06. The molecule has 0 fully saturated rings. The van der Waals surface area contributed by atoms with Crippen molar-refractivity contribution in [1.29, 1.82) is 0 Å². The number of nitrogens with zero attached hydrogens (tertiary/aromatic N) is 1. The molecule has 7 heteroatoms. The van der Waals surface area contributed by atoms with Crippen LogP contribution in [0.3, 0.4) is 0 Å². The Kier molecular flexibility index (Phi) is 3.52. The van der Waals surface area contributed by atoms with Crippen molar-refractivity contribution in [3.05, 3.63) is 48.3 Å². The van der Waals surface area contributed by atoms with Crippen LogP contribution in [-0.4, -0.2) is 20.2 Å². The average Bonchev–Trinajstić information content (AvgIpc) is 2.95. The molecule has 1 aromatic carbocycles. The van der Waals surface area contributed by atoms with Gasteiger partial charge in [-0.3, -0.25) is 4.98 Å². The van der Waals surface area contributed by atoms with Gasteiger partial charge in [-0.15, -0.1) is 0 Å². The molecule has 1 unspecified atom stereocenters. The molecular weight excluding hydrogens is 292 g/mol. The summed E-state index contributed by atoms with van der Waals surface area (Å²) >= 11 is 0. The summed E-state index contributed by atoms with van der Waals surface area (Å²) in [5.74, 6) is 0.991. The van der Waals surface area contributed by atoms with Crippen LogP contribution in [0.25, 0.3) is 0 Å². The van der Waals surface area contributed by atoms with E-state index in [9.17, 15) is 8.42 Å². The highest BCUT2D eigenvalue weighted by Gasteiger charge is 2.22. The quantitative estimate of drug-likeness (QED) is 0.932. The van der Waals surface area contributed by atoms with Crippen molar-refractivity contribution in [3.63, 3.8) is 0 Å². The van der Waals surface area contributed by atoms with Crippen molar-refractivity contribution in [2.45, 2.75) is 17.9 Å². The first-order valence-electron chi connectivity index (χ1n) is 6.38. The lowest BCUT2D eigenvalue weighted by atomic mass is 10.1. The van der Waals surface area contributed by atoms with Gasteiger partial charge in [-0.1, -0.05) is 0 Å². The molecule has 0 saturated carbocycles. The van der Waals surface area contributed by atoms with E-state index in [0.717, 1.165) is 5.56 Å². The second kappa shape index (κ2) is 5.34. The molecule has 0 aliphatic carbocycles. The number of nitrogens with one attached hydrogen (secondary N) is 1. The maximum atomic E-state index is 12.4. The Morgan fingerprint density at radius 3 is 2.62 bits per heavy atom. The van der Waals surface area contributed by atoms with E-state index in [4.69, 9.17) is 9.47 Å². The number of benzene rings is 1. The first kappa shape index (κ1) is 13.8. The number of pyridine rings is 1. The van der Waals surface area contributed by atoms with Gasteiger partial charge in [0.15, 0.2) is 11.5 Å². The number of ether oxygens (including phenoxy) is 2. The van der Waals surface area contributed by atoms with Crippen LogP contribution in [0.2, 0.25) is 0 Å². The third-order valence-electron chi connectivity index (χ3n) is 3.19. The second-order valence-electron chi connectivity index (χ2n) is 4.64. The third-order valence-corrected chi connectivity index (χ3v) is 4.73. The van der Waals surface area contributed by atoms with E-state index in [-0.39, 0.29) is 17.7 Å². The molecular formula is C14H14N2O4S. The number of sulfonamides is 1. The summed E-state index contributed by atoms with van der Waals surface area (Å²) in [6, 6.07) is 7.73. The van der Waals surface area contributed by atoms with Crippen molar-refractivity contribution in [1.82, 2.24) is 9.71 Å². The van der Waals surface area contributed by atoms with Gasteiger partial charge >= 0.3 is 0 Å². The predicted molar refractivity (Wildman–Crippen MR) is 75.5 cm³/mol. The number of fused-ring (bicyclic) bond motifs is 1. The molecule has 1 aliphatic heterocycles. The molecule has 0 spiro atoms. The van der Waals surface area contributed by atoms with Gasteiger partial charge in [0.25, 0.3) is 0 Å². The maximum absolute atomic E-state index is 12.4. The summed E-state index contributed by atoms with van der Waals surface area (Å²) in [7, 11) is -3.64. The Morgan fingerprint density at radius 1 is 1.14 bits per heavy atom. The number of aromatic nitrogens is 1. The van der Waals surface area contributed by atoms with Crippen LogP contribution in [0.5, 0.6) is 11.5 Å². The fraction of sp³-hybridized carbons (Fsp3) is 0.214. The zero-order valence-corrected chi connectivity index (χ0v) is 12.1. The molecule has 0 amide bonds. The minimum Gasteiger partial charge on any atom is -0.454 e. The predicted octanol–water partition coefficient (Wildman–Crippen LogP) is 1.85. The largest absolute Gasteiger partial charge is 0.454 e. The third kappa shape index (κ3) is 2.84. The molecule has 0 bridgehead atoms. The van der Waals surface area contributed by atoms with Crippen LogP contribution in [0.4, 0.5) is 0 Å². The molecule has 6 nitrogen and oxygen atoms in total. The van der Waals surface area contributed by atoms with Gasteiger partial charge in [-0.2, -0.15) is 0 Å². The molecule has 2 heterocycles. The molecule has 1 N–H and O–H groups in total. The Morgan fingerprint density at radius 2 is 1.86 bits per heavy atom. The average molecular weight is 306 g/mol. The van der Waals surface area contributed by atoms with Gasteiger partial charge in [0.1, 0.15) is 0 Å². The van der Waals surface area contributed by atoms with Crippen molar-refractivity contribution in [2.24, 2.45) is 0 Å². The maximum Gasteiger partial charge on any atom is 0.241 e. The van der Waals surface area contributed by atoms with Gasteiger partial charge in [0.2, 0.25) is 16.8 Å². The zero-order chi connectivity index (χ0) is 14.9. The number of hydrogen-bond acceptors (Lipinski definition) is 5. The highest BCUT2D eigenvalue weighted by Crippen LogP contribution is 2.34. The fourth-order valence-electron chi connectivity index (χ4n) is 2.06. The van der Waals surface area contributed by atoms with Crippen molar-refractivity contribution in [3.8, 4) is 11.5 Å². The molecule has 1 aromatic heterocycles. The highest BCUT2D eigenvalue weighted by molar-refractivity contribution is 7.89. The standard InChI is InChI=1S/C14H14N2O4S/c1-10(11-4-6-15-7-5-11)16-21(17,18)12-2-3-13-14(8-12)20-9-19-13/h2-8,10,16H,9H2,1H3. The molecule has 3 rings (SSSR count). The first-order valence-corrected chi connectivity index (χ1v) is 7.86. The van der Waals surface area contributed by atoms with E-state index in [0.29, 0.717) is 11.5 Å². The van der Waals surface area contributed by atoms with Gasteiger partial charge in [-0.25, -0.2) is 13.1 Å². The number of hydrogen-bond donors (Lipinski definition) is 1. The molecule has 2 aromatic rings. The topological polar surface area (TPSA) is 77.5 Å². The van der Waals surface area contributed by atoms with Gasteiger partial charge < -0.3 is 9.47 Å². The monoisotopic (exact) mass is 306 g/mol. The molecule has 110 valence electrons. The smallest absolute Gasteiger partial charge is 0.241 e. The number of rotatable bonds is 4. The lowest BCUT2D eigenvalue weighted by Gasteiger charge is -2.14. The lowest BCUT2D eigenvalue weighted by molar-refractivity contribution is 0.174. The summed E-state index contributed by atoms with van der Waals surface area (Å²) in [5.41, 5.74) is 0.842. The highest BCUT2D eigenvalue weighted by atomic mass is 32.2. The van der Waals surface area contributed by atoms with Gasteiger partial charge in [0, 0.05) is 24.5 Å². The lowest BCUT2D eigenvalue weighted by Crippen LogP contribution is -2.26. The van der Waals surface area contributed by atoms with Crippen LogP contribution in [-0.2, 0) is 10.0 Å². The normalized spacial score (nSPS) is 14.9. The van der Waals surface area contributed by atoms with Crippen LogP contribution >= 0.6 is 0 Å². The van der Waals surface area contributed by atoms with Crippen LogP contribution in [0.1, 0.15) is 18.5 Å². The van der Waals surface area contributed by atoms with Crippen molar-refractivity contribution in [2.75, 3.05) is 6.79 Å². The first-order chi connectivity index (χ1) is 10.1. The minimum absolute atomic E-state index is 0.111. The van der Waals surface area contributed by atoms with Crippen LogP contribution in [0, 0.1) is 0 Å². The Labute approximate surface area is 122 Å². The van der Waals surface area contributed by atoms with Crippen LogP contribution < -0.4 is 14.2 Å². The molecule has 1 atom stereocenters. The second-order valence-corrected chi connectivity index (χ2v) is 6.35. The molecule has 0 saturated heterocycles. The van der Waals surface area contributed by atoms with E-state index in [1.165, 1.54) is 12.1 Å². The Balaban J connectivity index is 1.84. The molecule has 21 heavy (non-hydrogen) atoms. The fourth-order valence-corrected chi connectivity index (χ4v) is 3.31. The van der Waals surface area contributed by atoms with Crippen LogP contribution in [0.15, 0.2) is 47.6 Å². The SMILES string of the molecule is CC(NS(=O)(=O)c1ccc2c(c1)OCO2)c1ccncc1. The van der Waals surface area contributed by atoms with E-state index >= 15 is 0 Å². The summed E-state index contributed by atoms with van der Waals surface area (Å²) < 4.78 is 37.8. The van der Waals surface area contributed by atoms with E-state index in [2.05, 4.69) is 9.71 Å². The summed E-state index contributed by atoms with van der Waals surface area (Å²) in [6.45, 7) is 1.89. The zero-order valence-electron chi connectivity index (χ0n) is 11.3. The van der Waals surface area contributed by atoms with E-state index < -0.39 is 10.0 Å². The van der Waals surface area contributed by atoms with Gasteiger partial charge in [-0.05, 0) is 36.8 Å². The summed E-state index contributed by atoms with van der Waals surface area (Å²) in [6.07, 6.45) is 3.25. The minimum atomic E-state index is -3.64. The van der Waals surface area contributed by atoms with Gasteiger partial charge in [0.05, 0.1) is 4.90 Å². The van der Waals surface area contributed by atoms with Crippen molar-refractivity contribution < 1.29 is 17.9 Å². The summed E-state index contributed by atoms with van der Waals surface area (Å²) in [5, 5.41) is 0. The molecule has 0 radical (unpaired) electrons. The Bertz CT molecular complexity index is 747.